The van der Waals surface area contributed by atoms with Gasteiger partial charge in [0.15, 0.2) is 5.11 Å². The van der Waals surface area contributed by atoms with Crippen LogP contribution >= 0.6 is 12.2 Å². The molecule has 2 amide bonds. The van der Waals surface area contributed by atoms with E-state index in [1.807, 2.05) is 30.5 Å². The van der Waals surface area contributed by atoms with Gasteiger partial charge >= 0.3 is 5.97 Å². The largest absolute Gasteiger partial charge is 0.478 e. The number of carbonyl (C=O) groups excluding carboxylic acids is 2. The summed E-state index contributed by atoms with van der Waals surface area (Å²) >= 11 is 4.80. The Bertz CT molecular complexity index is 1030. The Morgan fingerprint density at radius 1 is 1.15 bits per heavy atom. The summed E-state index contributed by atoms with van der Waals surface area (Å²) in [4.78, 5) is 35.6. The smallest absolute Gasteiger partial charge is 0.336 e. The molecule has 1 fully saturated rings. The van der Waals surface area contributed by atoms with Crippen LogP contribution in [0.15, 0.2) is 29.8 Å². The van der Waals surface area contributed by atoms with E-state index in [0.29, 0.717) is 11.1 Å². The summed E-state index contributed by atoms with van der Waals surface area (Å²) < 4.78 is 1.90. The molecule has 2 aromatic rings. The van der Waals surface area contributed by atoms with Gasteiger partial charge in [0.25, 0.3) is 11.8 Å². The first-order valence-corrected chi connectivity index (χ1v) is 8.52. The number of carboxylic acid groups (broad SMARTS) is 1. The van der Waals surface area contributed by atoms with Crippen molar-refractivity contribution in [2.75, 3.05) is 0 Å². The summed E-state index contributed by atoms with van der Waals surface area (Å²) in [6.07, 6.45) is 1.50. The van der Waals surface area contributed by atoms with Crippen molar-refractivity contribution in [2.24, 2.45) is 0 Å². The van der Waals surface area contributed by atoms with Crippen molar-refractivity contribution in [3.8, 4) is 5.69 Å². The molecule has 0 aliphatic carbocycles. The molecular weight excluding hydrogens is 366 g/mol. The lowest BCUT2D eigenvalue weighted by Gasteiger charge is -2.16. The number of carboxylic acids is 1. The second kappa shape index (κ2) is 6.81. The highest BCUT2D eigenvalue weighted by atomic mass is 32.1. The number of hydrogen-bond acceptors (Lipinski definition) is 4. The van der Waals surface area contributed by atoms with E-state index in [4.69, 9.17) is 12.2 Å². The Kier molecular flexibility index (Phi) is 4.67. The van der Waals surface area contributed by atoms with Gasteiger partial charge in [0, 0.05) is 17.1 Å². The number of benzene rings is 1. The molecule has 1 aromatic heterocycles. The molecule has 2 heterocycles. The van der Waals surface area contributed by atoms with Crippen LogP contribution in [0.25, 0.3) is 11.8 Å². The lowest BCUT2D eigenvalue weighted by molar-refractivity contribution is -0.123. The number of hydrogen-bond donors (Lipinski definition) is 3. The summed E-state index contributed by atoms with van der Waals surface area (Å²) in [7, 11) is 0. The van der Waals surface area contributed by atoms with E-state index in [9.17, 15) is 19.5 Å². The van der Waals surface area contributed by atoms with Gasteiger partial charge in [0.05, 0.1) is 5.56 Å². The van der Waals surface area contributed by atoms with Gasteiger partial charge in [0.1, 0.15) is 5.57 Å². The van der Waals surface area contributed by atoms with Crippen molar-refractivity contribution in [1.29, 1.82) is 0 Å². The van der Waals surface area contributed by atoms with Crippen molar-refractivity contribution >= 4 is 41.2 Å². The predicted molar refractivity (Wildman–Crippen MR) is 104 cm³/mol. The van der Waals surface area contributed by atoms with Crippen LogP contribution < -0.4 is 10.6 Å². The molecule has 3 N–H and O–H groups in total. The minimum Gasteiger partial charge on any atom is -0.478 e. The van der Waals surface area contributed by atoms with E-state index >= 15 is 0 Å². The number of nitrogens with zero attached hydrogens (tertiary/aromatic N) is 1. The van der Waals surface area contributed by atoms with Crippen molar-refractivity contribution < 1.29 is 19.5 Å². The van der Waals surface area contributed by atoms with Crippen LogP contribution in [0.5, 0.6) is 0 Å². The molecule has 138 valence electrons. The molecule has 8 heteroatoms. The highest BCUT2D eigenvalue weighted by Crippen LogP contribution is 2.26. The van der Waals surface area contributed by atoms with Gasteiger partial charge in [-0.05, 0) is 68.4 Å². The molecule has 7 nitrogen and oxygen atoms in total. The highest BCUT2D eigenvalue weighted by Gasteiger charge is 2.26. The summed E-state index contributed by atoms with van der Waals surface area (Å²) in [5.74, 6) is -2.11. The first kappa shape index (κ1) is 18.5. The molecule has 3 rings (SSSR count). The molecule has 0 unspecified atom stereocenters. The van der Waals surface area contributed by atoms with E-state index in [-0.39, 0.29) is 16.2 Å². The van der Waals surface area contributed by atoms with Gasteiger partial charge in [-0.1, -0.05) is 6.07 Å². The fourth-order valence-corrected chi connectivity index (χ4v) is 3.35. The topological polar surface area (TPSA) is 100 Å². The zero-order valence-corrected chi connectivity index (χ0v) is 15.7. The molecule has 27 heavy (non-hydrogen) atoms. The summed E-state index contributed by atoms with van der Waals surface area (Å²) in [6.45, 7) is 5.46. The lowest BCUT2D eigenvalue weighted by Crippen LogP contribution is -2.51. The molecule has 0 saturated carbocycles. The third-order valence-corrected chi connectivity index (χ3v) is 4.69. The Balaban J connectivity index is 2.12. The Hall–Kier alpha value is -3.26. The summed E-state index contributed by atoms with van der Waals surface area (Å²) in [5.41, 5.74) is 3.84. The van der Waals surface area contributed by atoms with Crippen LogP contribution in [0.2, 0.25) is 0 Å². The van der Waals surface area contributed by atoms with Crippen LogP contribution in [0, 0.1) is 20.8 Å². The molecule has 1 saturated heterocycles. The number of aromatic carboxylic acids is 1. The van der Waals surface area contributed by atoms with Crippen molar-refractivity contribution in [3.05, 3.63) is 57.9 Å². The molecule has 1 aliphatic heterocycles. The second-order valence-electron chi connectivity index (χ2n) is 6.21. The molecular formula is C19H17N3O4S. The van der Waals surface area contributed by atoms with Crippen LogP contribution in [0.3, 0.4) is 0 Å². The zero-order valence-electron chi connectivity index (χ0n) is 14.9. The van der Waals surface area contributed by atoms with E-state index in [0.717, 1.165) is 17.1 Å². The van der Waals surface area contributed by atoms with Gasteiger partial charge in [-0.15, -0.1) is 0 Å². The van der Waals surface area contributed by atoms with E-state index in [1.165, 1.54) is 6.08 Å². The highest BCUT2D eigenvalue weighted by molar-refractivity contribution is 7.80. The maximum atomic E-state index is 12.1. The number of carbonyl (C=O) groups is 3. The maximum absolute atomic E-state index is 12.1. The number of amides is 2. The summed E-state index contributed by atoms with van der Waals surface area (Å²) in [6, 6.07) is 6.91. The maximum Gasteiger partial charge on any atom is 0.336 e. The number of rotatable bonds is 3. The first-order chi connectivity index (χ1) is 12.7. The SMILES string of the molecule is Cc1c(C(=O)O)cccc1-n1c(C)cc(C=C2C(=O)NC(=S)NC2=O)c1C. The zero-order chi connectivity index (χ0) is 19.9. The Labute approximate surface area is 160 Å². The quantitative estimate of drug-likeness (QED) is 0.428. The Morgan fingerprint density at radius 3 is 2.37 bits per heavy atom. The fourth-order valence-electron chi connectivity index (χ4n) is 3.16. The van der Waals surface area contributed by atoms with Gasteiger partial charge in [-0.2, -0.15) is 0 Å². The lowest BCUT2D eigenvalue weighted by atomic mass is 10.1. The van der Waals surface area contributed by atoms with Crippen LogP contribution in [-0.4, -0.2) is 32.6 Å². The molecule has 0 spiro atoms. The van der Waals surface area contributed by atoms with Crippen molar-refractivity contribution in [3.63, 3.8) is 0 Å². The van der Waals surface area contributed by atoms with Crippen molar-refractivity contribution in [1.82, 2.24) is 15.2 Å². The second-order valence-corrected chi connectivity index (χ2v) is 6.62. The molecule has 1 aliphatic rings. The van der Waals surface area contributed by atoms with Gasteiger partial charge in [0.2, 0.25) is 0 Å². The minimum atomic E-state index is -0.995. The molecule has 0 bridgehead atoms. The van der Waals surface area contributed by atoms with Gasteiger partial charge < -0.3 is 9.67 Å². The standard InChI is InChI=1S/C19H17N3O4S/c1-9-7-12(8-14-16(23)20-19(27)21-17(14)24)11(3)22(9)15-6-4-5-13(10(15)2)18(25)26/h4-8H,1-3H3,(H,25,26)(H2,20,21,23,24,27). The van der Waals surface area contributed by atoms with E-state index in [2.05, 4.69) is 10.6 Å². The third-order valence-electron chi connectivity index (χ3n) is 4.49. The average molecular weight is 383 g/mol. The van der Waals surface area contributed by atoms with Crippen molar-refractivity contribution in [2.45, 2.75) is 20.8 Å². The molecule has 0 atom stereocenters. The molecule has 1 aromatic carbocycles. The predicted octanol–water partition coefficient (Wildman–Crippen LogP) is 2.02. The number of aryl methyl sites for hydroxylation is 1. The summed E-state index contributed by atoms with van der Waals surface area (Å²) in [5, 5.41) is 14.1. The van der Waals surface area contributed by atoms with Crippen LogP contribution in [-0.2, 0) is 9.59 Å². The number of thiocarbonyl (C=S) groups is 1. The fraction of sp³-hybridized carbons (Fsp3) is 0.158. The van der Waals surface area contributed by atoms with Crippen LogP contribution in [0.4, 0.5) is 0 Å². The van der Waals surface area contributed by atoms with E-state index < -0.39 is 17.8 Å². The third kappa shape index (κ3) is 3.26. The monoisotopic (exact) mass is 383 g/mol. The number of nitrogens with one attached hydrogen (secondary N) is 2. The van der Waals surface area contributed by atoms with Gasteiger partial charge in [-0.25, -0.2) is 4.79 Å². The molecule has 0 radical (unpaired) electrons. The minimum absolute atomic E-state index is 0.0197. The van der Waals surface area contributed by atoms with Crippen LogP contribution in [0.1, 0.15) is 32.9 Å². The first-order valence-electron chi connectivity index (χ1n) is 8.11. The van der Waals surface area contributed by atoms with E-state index in [1.54, 1.807) is 19.1 Å². The normalized spacial score (nSPS) is 14.0. The van der Waals surface area contributed by atoms with Gasteiger partial charge in [-0.3, -0.25) is 20.2 Å². The average Bonchev–Trinajstić information content (AvgIpc) is 2.85. The number of aromatic nitrogens is 1. The Morgan fingerprint density at radius 2 is 1.78 bits per heavy atom.